The van der Waals surface area contributed by atoms with Crippen LogP contribution in [0.4, 0.5) is 5.69 Å². The van der Waals surface area contributed by atoms with Gasteiger partial charge >= 0.3 is 0 Å². The number of carbonyl (C=O) groups excluding carboxylic acids is 2. The Morgan fingerprint density at radius 2 is 1.93 bits per heavy atom. The van der Waals surface area contributed by atoms with Gasteiger partial charge in [0.15, 0.2) is 5.69 Å². The van der Waals surface area contributed by atoms with Crippen LogP contribution in [-0.4, -0.2) is 44.3 Å². The molecular formula is C23H23N5O2. The lowest BCUT2D eigenvalue weighted by Gasteiger charge is -2.33. The molecule has 2 aliphatic rings. The first-order chi connectivity index (χ1) is 14.6. The van der Waals surface area contributed by atoms with Crippen molar-refractivity contribution in [3.8, 4) is 5.69 Å². The molecule has 2 aromatic carbocycles. The summed E-state index contributed by atoms with van der Waals surface area (Å²) in [5, 5.41) is 11.3. The van der Waals surface area contributed by atoms with Gasteiger partial charge in [-0.15, -0.1) is 5.10 Å². The van der Waals surface area contributed by atoms with Gasteiger partial charge in [0.2, 0.25) is 5.91 Å². The number of rotatable bonds is 4. The largest absolute Gasteiger partial charge is 0.333 e. The van der Waals surface area contributed by atoms with Crippen LogP contribution in [0.3, 0.4) is 0 Å². The summed E-state index contributed by atoms with van der Waals surface area (Å²) in [6, 6.07) is 17.2. The molecular weight excluding hydrogens is 378 g/mol. The maximum absolute atomic E-state index is 13.4. The summed E-state index contributed by atoms with van der Waals surface area (Å²) >= 11 is 0. The van der Waals surface area contributed by atoms with E-state index in [0.29, 0.717) is 18.7 Å². The van der Waals surface area contributed by atoms with Crippen LogP contribution in [0.2, 0.25) is 0 Å². The third kappa shape index (κ3) is 2.65. The number of nitrogens with one attached hydrogen (secondary N) is 1. The minimum Gasteiger partial charge on any atom is -0.333 e. The highest BCUT2D eigenvalue weighted by molar-refractivity contribution is 6.08. The average molecular weight is 401 g/mol. The number of carbonyl (C=O) groups is 2. The van der Waals surface area contributed by atoms with E-state index in [-0.39, 0.29) is 17.9 Å². The normalized spacial score (nSPS) is 22.4. The molecule has 1 N–H and O–H groups in total. The van der Waals surface area contributed by atoms with Crippen LogP contribution in [0.25, 0.3) is 5.69 Å². The fraction of sp³-hybridized carbons (Fsp3) is 0.304. The fourth-order valence-corrected chi connectivity index (χ4v) is 4.94. The van der Waals surface area contributed by atoms with Crippen LogP contribution < -0.4 is 5.32 Å². The molecule has 1 spiro atoms. The summed E-state index contributed by atoms with van der Waals surface area (Å²) in [7, 11) is 0. The molecule has 2 atom stereocenters. The van der Waals surface area contributed by atoms with E-state index in [2.05, 4.69) is 22.6 Å². The number of para-hydroxylation sites is 2. The van der Waals surface area contributed by atoms with Gasteiger partial charge in [0.05, 0.1) is 23.3 Å². The Hall–Kier alpha value is -3.48. The average Bonchev–Trinajstić information content (AvgIpc) is 3.47. The smallest absolute Gasteiger partial charge is 0.276 e. The van der Waals surface area contributed by atoms with Crippen molar-refractivity contribution < 1.29 is 9.59 Å². The van der Waals surface area contributed by atoms with Crippen molar-refractivity contribution in [2.45, 2.75) is 37.6 Å². The van der Waals surface area contributed by atoms with Gasteiger partial charge in [-0.1, -0.05) is 55.0 Å². The highest BCUT2D eigenvalue weighted by atomic mass is 16.2. The summed E-state index contributed by atoms with van der Waals surface area (Å²) in [6.07, 6.45) is 3.90. The van der Waals surface area contributed by atoms with E-state index >= 15 is 0 Å². The fourth-order valence-electron chi connectivity index (χ4n) is 4.94. The summed E-state index contributed by atoms with van der Waals surface area (Å²) < 4.78 is 1.60. The topological polar surface area (TPSA) is 80.1 Å². The second-order valence-corrected chi connectivity index (χ2v) is 7.91. The highest BCUT2D eigenvalue weighted by Gasteiger charge is 2.58. The number of likely N-dealkylation sites (tertiary alicyclic amines) is 1. The highest BCUT2D eigenvalue weighted by Crippen LogP contribution is 2.49. The monoisotopic (exact) mass is 401 g/mol. The van der Waals surface area contributed by atoms with Crippen molar-refractivity contribution in [3.63, 3.8) is 0 Å². The van der Waals surface area contributed by atoms with Crippen LogP contribution >= 0.6 is 0 Å². The number of aromatic nitrogens is 3. The standard InChI is InChI=1S/C23H23N5O2/c1-2-8-20-23(17-11-6-7-12-18(17)24-22(23)30)13-14-27(20)21(29)19-15-28(26-25-19)16-9-4-3-5-10-16/h3-7,9-12,15,20H,2,8,13-14H2,1H3,(H,24,30)/t20-,23+/m0/s1. The summed E-state index contributed by atoms with van der Waals surface area (Å²) in [5.41, 5.74) is 2.29. The molecule has 1 aromatic heterocycles. The Labute approximate surface area is 174 Å². The van der Waals surface area contributed by atoms with Crippen molar-refractivity contribution in [2.75, 3.05) is 11.9 Å². The molecule has 3 aromatic rings. The first-order valence-corrected chi connectivity index (χ1v) is 10.3. The number of amides is 2. The first kappa shape index (κ1) is 18.5. The van der Waals surface area contributed by atoms with Crippen LogP contribution in [0.15, 0.2) is 60.8 Å². The zero-order valence-electron chi connectivity index (χ0n) is 16.8. The predicted octanol–water partition coefficient (Wildman–Crippen LogP) is 3.17. The molecule has 3 heterocycles. The molecule has 2 amide bonds. The minimum absolute atomic E-state index is 0.00890. The van der Waals surface area contributed by atoms with Gasteiger partial charge in [-0.05, 0) is 36.6 Å². The molecule has 30 heavy (non-hydrogen) atoms. The van der Waals surface area contributed by atoms with Crippen molar-refractivity contribution in [2.24, 2.45) is 0 Å². The SMILES string of the molecule is CCC[C@@H]1N(C(=O)c2cn(-c3ccccc3)nn2)CC[C@]12C(=O)Nc1ccccc12. The molecule has 1 saturated heterocycles. The molecule has 0 saturated carbocycles. The van der Waals surface area contributed by atoms with E-state index in [1.54, 1.807) is 10.9 Å². The lowest BCUT2D eigenvalue weighted by molar-refractivity contribution is -0.121. The van der Waals surface area contributed by atoms with E-state index in [4.69, 9.17) is 0 Å². The minimum atomic E-state index is -0.697. The van der Waals surface area contributed by atoms with E-state index in [1.807, 2.05) is 59.5 Å². The zero-order chi connectivity index (χ0) is 20.7. The molecule has 152 valence electrons. The second kappa shape index (κ2) is 7.09. The molecule has 2 aliphatic heterocycles. The maximum Gasteiger partial charge on any atom is 0.276 e. The number of anilines is 1. The molecule has 0 bridgehead atoms. The molecule has 0 unspecified atom stereocenters. The number of hydrogen-bond donors (Lipinski definition) is 1. The van der Waals surface area contributed by atoms with Crippen molar-refractivity contribution in [1.82, 2.24) is 19.9 Å². The van der Waals surface area contributed by atoms with Gasteiger partial charge in [0.1, 0.15) is 0 Å². The van der Waals surface area contributed by atoms with Gasteiger partial charge in [-0.2, -0.15) is 0 Å². The van der Waals surface area contributed by atoms with Gasteiger partial charge in [-0.25, -0.2) is 4.68 Å². The summed E-state index contributed by atoms with van der Waals surface area (Å²) in [6.45, 7) is 2.60. The van der Waals surface area contributed by atoms with Crippen molar-refractivity contribution >= 4 is 17.5 Å². The molecule has 7 nitrogen and oxygen atoms in total. The van der Waals surface area contributed by atoms with Crippen LogP contribution in [0, 0.1) is 0 Å². The summed E-state index contributed by atoms with van der Waals surface area (Å²) in [5.74, 6) is -0.185. The molecule has 1 fully saturated rings. The first-order valence-electron chi connectivity index (χ1n) is 10.3. The second-order valence-electron chi connectivity index (χ2n) is 7.91. The molecule has 7 heteroatoms. The van der Waals surface area contributed by atoms with Crippen molar-refractivity contribution in [3.05, 3.63) is 72.1 Å². The predicted molar refractivity (Wildman–Crippen MR) is 112 cm³/mol. The van der Waals surface area contributed by atoms with Gasteiger partial charge in [-0.3, -0.25) is 9.59 Å². The Bertz CT molecular complexity index is 1110. The zero-order valence-corrected chi connectivity index (χ0v) is 16.8. The number of hydrogen-bond acceptors (Lipinski definition) is 4. The van der Waals surface area contributed by atoms with Crippen LogP contribution in [-0.2, 0) is 10.2 Å². The lowest BCUT2D eigenvalue weighted by Crippen LogP contribution is -2.48. The van der Waals surface area contributed by atoms with Crippen LogP contribution in [0.1, 0.15) is 42.2 Å². The Morgan fingerprint density at radius 3 is 2.73 bits per heavy atom. The van der Waals surface area contributed by atoms with Crippen LogP contribution in [0.5, 0.6) is 0 Å². The van der Waals surface area contributed by atoms with E-state index in [0.717, 1.165) is 29.8 Å². The third-order valence-electron chi connectivity index (χ3n) is 6.31. The Morgan fingerprint density at radius 1 is 1.17 bits per heavy atom. The molecule has 5 rings (SSSR count). The van der Waals surface area contributed by atoms with Crippen molar-refractivity contribution in [1.29, 1.82) is 0 Å². The summed E-state index contributed by atoms with van der Waals surface area (Å²) in [4.78, 5) is 28.4. The molecule has 0 radical (unpaired) electrons. The maximum atomic E-state index is 13.4. The van der Waals surface area contributed by atoms with E-state index in [1.165, 1.54) is 0 Å². The third-order valence-corrected chi connectivity index (χ3v) is 6.31. The van der Waals surface area contributed by atoms with Gasteiger partial charge in [0.25, 0.3) is 5.91 Å². The van der Waals surface area contributed by atoms with Gasteiger partial charge < -0.3 is 10.2 Å². The van der Waals surface area contributed by atoms with Gasteiger partial charge in [0, 0.05) is 12.2 Å². The molecule has 0 aliphatic carbocycles. The quantitative estimate of drug-likeness (QED) is 0.728. The lowest BCUT2D eigenvalue weighted by atomic mass is 9.73. The number of fused-ring (bicyclic) bond motifs is 2. The number of benzene rings is 2. The van der Waals surface area contributed by atoms with E-state index < -0.39 is 5.41 Å². The number of nitrogens with zero attached hydrogens (tertiary/aromatic N) is 4. The Kier molecular flexibility index (Phi) is 4.38. The van der Waals surface area contributed by atoms with E-state index in [9.17, 15) is 9.59 Å². The Balaban J connectivity index is 1.49.